The number of amides is 1. The molecule has 0 aromatic carbocycles. The van der Waals surface area contributed by atoms with E-state index in [1.165, 1.54) is 20.0 Å². The predicted octanol–water partition coefficient (Wildman–Crippen LogP) is 3.97. The third-order valence-corrected chi connectivity index (χ3v) is 4.51. The minimum Gasteiger partial charge on any atom is -0.453 e. The summed E-state index contributed by atoms with van der Waals surface area (Å²) in [5.74, 6) is 1.02. The Morgan fingerprint density at radius 2 is 2.08 bits per heavy atom. The number of hydrogen-bond donors (Lipinski definition) is 1. The van der Waals surface area contributed by atoms with Gasteiger partial charge in [0, 0.05) is 31.4 Å². The van der Waals surface area contributed by atoms with Gasteiger partial charge in [0.05, 0.1) is 12.7 Å². The van der Waals surface area contributed by atoms with E-state index in [4.69, 9.17) is 0 Å². The van der Waals surface area contributed by atoms with Gasteiger partial charge in [-0.1, -0.05) is 12.8 Å². The van der Waals surface area contributed by atoms with E-state index in [0.29, 0.717) is 23.8 Å². The number of ether oxygens (including phenoxy) is 1. The lowest BCUT2D eigenvalue weighted by molar-refractivity contribution is -0.137. The van der Waals surface area contributed by atoms with Gasteiger partial charge in [-0.2, -0.15) is 13.2 Å². The molecule has 0 aliphatic heterocycles. The summed E-state index contributed by atoms with van der Waals surface area (Å²) in [6.07, 6.45) is 0.336. The molecular weight excluding hydrogens is 335 g/mol. The highest BCUT2D eigenvalue weighted by Crippen LogP contribution is 2.33. The second kappa shape index (κ2) is 8.40. The molecule has 1 fully saturated rings. The first-order valence-electron chi connectivity index (χ1n) is 8.48. The number of hydrogen-bond acceptors (Lipinski definition) is 4. The molecule has 1 N–H and O–H groups in total. The van der Waals surface area contributed by atoms with Gasteiger partial charge in [-0.05, 0) is 31.7 Å². The molecule has 0 bridgehead atoms. The zero-order chi connectivity index (χ0) is 18.4. The van der Waals surface area contributed by atoms with E-state index < -0.39 is 17.8 Å². The molecule has 0 radical (unpaired) electrons. The van der Waals surface area contributed by atoms with Crippen LogP contribution in [0.1, 0.15) is 43.7 Å². The van der Waals surface area contributed by atoms with Crippen molar-refractivity contribution in [1.82, 2.24) is 10.3 Å². The molecule has 1 heterocycles. The smallest absolute Gasteiger partial charge is 0.417 e. The Morgan fingerprint density at radius 3 is 2.64 bits per heavy atom. The van der Waals surface area contributed by atoms with Gasteiger partial charge in [0.25, 0.3) is 0 Å². The molecule has 0 unspecified atom stereocenters. The van der Waals surface area contributed by atoms with Crippen LogP contribution in [0.15, 0.2) is 12.3 Å². The fraction of sp³-hybridized carbons (Fsp3) is 0.647. The van der Waals surface area contributed by atoms with Gasteiger partial charge in [-0.25, -0.2) is 9.78 Å². The third kappa shape index (κ3) is 5.24. The minimum absolute atomic E-state index is 0.0694. The number of halogens is 3. The van der Waals surface area contributed by atoms with E-state index in [1.807, 2.05) is 11.8 Å². The zero-order valence-corrected chi connectivity index (χ0v) is 14.5. The Labute approximate surface area is 145 Å². The van der Waals surface area contributed by atoms with Crippen LogP contribution in [0.4, 0.5) is 23.8 Å². The molecule has 0 atom stereocenters. The van der Waals surface area contributed by atoms with Gasteiger partial charge < -0.3 is 15.0 Å². The van der Waals surface area contributed by atoms with Gasteiger partial charge >= 0.3 is 12.3 Å². The summed E-state index contributed by atoms with van der Waals surface area (Å²) >= 11 is 0. The summed E-state index contributed by atoms with van der Waals surface area (Å²) in [4.78, 5) is 17.4. The van der Waals surface area contributed by atoms with Crippen LogP contribution in [0.5, 0.6) is 0 Å². The van der Waals surface area contributed by atoms with Crippen LogP contribution in [0, 0.1) is 5.92 Å². The van der Waals surface area contributed by atoms with E-state index in [0.717, 1.165) is 31.6 Å². The van der Waals surface area contributed by atoms with Crippen molar-refractivity contribution in [3.8, 4) is 0 Å². The van der Waals surface area contributed by atoms with E-state index in [9.17, 15) is 18.0 Å². The zero-order valence-electron chi connectivity index (χ0n) is 14.5. The number of rotatable bonds is 6. The van der Waals surface area contributed by atoms with Crippen molar-refractivity contribution in [3.05, 3.63) is 23.4 Å². The molecule has 25 heavy (non-hydrogen) atoms. The quantitative estimate of drug-likeness (QED) is 0.835. The lowest BCUT2D eigenvalue weighted by Gasteiger charge is -2.28. The first-order valence-corrected chi connectivity index (χ1v) is 8.48. The van der Waals surface area contributed by atoms with Crippen molar-refractivity contribution >= 4 is 11.9 Å². The number of aromatic nitrogens is 1. The van der Waals surface area contributed by atoms with Crippen molar-refractivity contribution in [3.63, 3.8) is 0 Å². The summed E-state index contributed by atoms with van der Waals surface area (Å²) in [6, 6.07) is 1.05. The van der Waals surface area contributed by atoms with Gasteiger partial charge in [0.2, 0.25) is 0 Å². The lowest BCUT2D eigenvalue weighted by Crippen LogP contribution is -2.32. The number of anilines is 1. The molecule has 5 nitrogen and oxygen atoms in total. The highest BCUT2D eigenvalue weighted by atomic mass is 19.4. The highest BCUT2D eigenvalue weighted by molar-refractivity contribution is 5.67. The number of nitrogens with zero attached hydrogens (tertiary/aromatic N) is 2. The maximum absolute atomic E-state index is 13.0. The van der Waals surface area contributed by atoms with Crippen LogP contribution in [0.3, 0.4) is 0 Å². The fourth-order valence-corrected chi connectivity index (χ4v) is 3.18. The van der Waals surface area contributed by atoms with E-state index in [-0.39, 0.29) is 6.54 Å². The second-order valence-electron chi connectivity index (χ2n) is 6.24. The number of methoxy groups -OCH3 is 1. The summed E-state index contributed by atoms with van der Waals surface area (Å²) in [6.45, 7) is 3.28. The molecule has 0 saturated heterocycles. The van der Waals surface area contributed by atoms with E-state index in [1.54, 1.807) is 0 Å². The van der Waals surface area contributed by atoms with E-state index >= 15 is 0 Å². The molecule has 2 rings (SSSR count). The van der Waals surface area contributed by atoms with Gasteiger partial charge in [-0.15, -0.1) is 0 Å². The number of alkyl carbamates (subject to hydrolysis) is 1. The molecule has 1 aromatic heterocycles. The lowest BCUT2D eigenvalue weighted by atomic mass is 10.1. The normalized spacial score (nSPS) is 15.2. The van der Waals surface area contributed by atoms with Crippen LogP contribution in [0.2, 0.25) is 0 Å². The molecule has 1 aliphatic carbocycles. The van der Waals surface area contributed by atoms with Crippen LogP contribution in [-0.4, -0.2) is 31.3 Å². The topological polar surface area (TPSA) is 54.5 Å². The SMILES string of the molecule is CCN(CC1CCCC1)c1ncc(C(F)(F)F)cc1CNC(=O)OC. The monoisotopic (exact) mass is 359 g/mol. The summed E-state index contributed by atoms with van der Waals surface area (Å²) in [5, 5.41) is 2.45. The summed E-state index contributed by atoms with van der Waals surface area (Å²) in [7, 11) is 1.21. The number of alkyl halides is 3. The van der Waals surface area contributed by atoms with Crippen LogP contribution in [-0.2, 0) is 17.5 Å². The maximum atomic E-state index is 13.0. The largest absolute Gasteiger partial charge is 0.453 e. The number of pyridine rings is 1. The van der Waals surface area contributed by atoms with Crippen molar-refractivity contribution < 1.29 is 22.7 Å². The minimum atomic E-state index is -4.48. The average molecular weight is 359 g/mol. The third-order valence-electron chi connectivity index (χ3n) is 4.51. The first-order chi connectivity index (χ1) is 11.8. The van der Waals surface area contributed by atoms with Gasteiger partial charge in [-0.3, -0.25) is 0 Å². The van der Waals surface area contributed by atoms with Crippen molar-refractivity contribution in [2.45, 2.75) is 45.3 Å². The van der Waals surface area contributed by atoms with Crippen LogP contribution >= 0.6 is 0 Å². The average Bonchev–Trinajstić information content (AvgIpc) is 3.09. The second-order valence-corrected chi connectivity index (χ2v) is 6.24. The Morgan fingerprint density at radius 1 is 1.40 bits per heavy atom. The van der Waals surface area contributed by atoms with Crippen molar-refractivity contribution in [1.29, 1.82) is 0 Å². The Bertz CT molecular complexity index is 587. The van der Waals surface area contributed by atoms with Crippen molar-refractivity contribution in [2.75, 3.05) is 25.1 Å². The van der Waals surface area contributed by atoms with Gasteiger partial charge in [0.15, 0.2) is 0 Å². The highest BCUT2D eigenvalue weighted by Gasteiger charge is 2.32. The van der Waals surface area contributed by atoms with Crippen LogP contribution in [0.25, 0.3) is 0 Å². The maximum Gasteiger partial charge on any atom is 0.417 e. The van der Waals surface area contributed by atoms with Gasteiger partial charge in [0.1, 0.15) is 5.82 Å². The molecule has 8 heteroatoms. The molecule has 1 aromatic rings. The fourth-order valence-electron chi connectivity index (χ4n) is 3.18. The van der Waals surface area contributed by atoms with E-state index in [2.05, 4.69) is 15.0 Å². The molecule has 140 valence electrons. The van der Waals surface area contributed by atoms with Crippen LogP contribution < -0.4 is 10.2 Å². The molecule has 1 saturated carbocycles. The standard InChI is InChI=1S/C17H24F3N3O2/c1-3-23(11-12-6-4-5-7-12)15-13(9-22-16(24)25-2)8-14(10-21-15)17(18,19)20/h8,10,12H,3-7,9,11H2,1-2H3,(H,22,24). The van der Waals surface area contributed by atoms with Crippen molar-refractivity contribution in [2.24, 2.45) is 5.92 Å². The molecule has 0 spiro atoms. The first kappa shape index (κ1) is 19.3. The Balaban J connectivity index is 2.27. The number of nitrogens with one attached hydrogen (secondary N) is 1. The number of carbonyl (C=O) groups excluding carboxylic acids is 1. The Kier molecular flexibility index (Phi) is 6.50. The number of carbonyl (C=O) groups is 1. The predicted molar refractivity (Wildman–Crippen MR) is 88.3 cm³/mol. The Hall–Kier alpha value is -1.99. The summed E-state index contributed by atoms with van der Waals surface area (Å²) in [5.41, 5.74) is -0.491. The summed E-state index contributed by atoms with van der Waals surface area (Å²) < 4.78 is 43.5. The molecule has 1 aliphatic rings. The molecular formula is C17H24F3N3O2. The molecule has 1 amide bonds.